The van der Waals surface area contributed by atoms with E-state index in [9.17, 15) is 4.79 Å². The first kappa shape index (κ1) is 17.0. The summed E-state index contributed by atoms with van der Waals surface area (Å²) in [5.74, 6) is 0.541. The smallest absolute Gasteiger partial charge is 0.319 e. The minimum atomic E-state index is -0.156. The van der Waals surface area contributed by atoms with Gasteiger partial charge in [-0.2, -0.15) is 0 Å². The molecule has 5 heteroatoms. The Hall–Kier alpha value is -1.07. The van der Waals surface area contributed by atoms with Crippen molar-refractivity contribution in [2.75, 3.05) is 0 Å². The van der Waals surface area contributed by atoms with Crippen molar-refractivity contribution in [1.82, 2.24) is 0 Å². The van der Waals surface area contributed by atoms with Crippen LogP contribution in [-0.2, 0) is 15.3 Å². The number of carbonyl (C=O) groups excluding carboxylic acids is 1. The topological polar surface area (TPSA) is 52.3 Å². The van der Waals surface area contributed by atoms with Crippen LogP contribution in [0.15, 0.2) is 24.3 Å². The lowest BCUT2D eigenvalue weighted by Gasteiger charge is -2.16. The fourth-order valence-corrected chi connectivity index (χ4v) is 3.00. The van der Waals surface area contributed by atoms with Crippen molar-refractivity contribution < 1.29 is 9.53 Å². The van der Waals surface area contributed by atoms with Crippen LogP contribution in [0, 0.1) is 0 Å². The van der Waals surface area contributed by atoms with Gasteiger partial charge in [0, 0.05) is 11.3 Å². The summed E-state index contributed by atoms with van der Waals surface area (Å²) < 4.78 is 5.26. The van der Waals surface area contributed by atoms with Crippen molar-refractivity contribution in [3.05, 3.63) is 35.4 Å². The lowest BCUT2D eigenvalue weighted by atomic mass is 10.1. The van der Waals surface area contributed by atoms with E-state index >= 15 is 0 Å². The third-order valence-electron chi connectivity index (χ3n) is 2.71. The lowest BCUT2D eigenvalue weighted by molar-refractivity contribution is -0.146. The summed E-state index contributed by atoms with van der Waals surface area (Å²) >= 11 is 6.61. The summed E-state index contributed by atoms with van der Waals surface area (Å²) in [5, 5.41) is -0.156. The largest absolute Gasteiger partial charge is 0.462 e. The highest BCUT2D eigenvalue weighted by molar-refractivity contribution is 7.99. The van der Waals surface area contributed by atoms with Gasteiger partial charge < -0.3 is 10.5 Å². The normalized spacial score (nSPS) is 12.2. The molecule has 0 radical (unpaired) electrons. The Labute approximate surface area is 130 Å². The van der Waals surface area contributed by atoms with Gasteiger partial charge in [0.15, 0.2) is 0 Å². The minimum absolute atomic E-state index is 0.0824. The quantitative estimate of drug-likeness (QED) is 0.618. The molecule has 0 fully saturated rings. The van der Waals surface area contributed by atoms with E-state index in [1.54, 1.807) is 11.8 Å². The number of rotatable bonds is 7. The second-order valence-corrected chi connectivity index (χ2v) is 6.35. The van der Waals surface area contributed by atoms with Gasteiger partial charge in [0.05, 0.1) is 6.10 Å². The van der Waals surface area contributed by atoms with E-state index < -0.39 is 0 Å². The second-order valence-electron chi connectivity index (χ2n) is 4.71. The Morgan fingerprint density at radius 1 is 1.40 bits per heavy atom. The molecule has 1 aromatic carbocycles. The van der Waals surface area contributed by atoms with Crippen LogP contribution in [0.1, 0.15) is 38.3 Å². The summed E-state index contributed by atoms with van der Waals surface area (Å²) in [6.45, 7) is 5.70. The van der Waals surface area contributed by atoms with E-state index in [-0.39, 0.29) is 17.3 Å². The number of thiocarbonyl (C=S) groups is 1. The van der Waals surface area contributed by atoms with E-state index in [4.69, 9.17) is 22.7 Å². The van der Waals surface area contributed by atoms with Crippen molar-refractivity contribution in [3.8, 4) is 0 Å². The van der Waals surface area contributed by atoms with Crippen LogP contribution in [0.5, 0.6) is 0 Å². The molecule has 0 saturated carbocycles. The molecule has 0 aromatic heterocycles. The number of carbonyl (C=O) groups is 1. The molecule has 3 nitrogen and oxygen atoms in total. The summed E-state index contributed by atoms with van der Waals surface area (Å²) in [6.07, 6.45) is 0.659. The molecule has 0 spiro atoms. The number of esters is 1. The van der Waals surface area contributed by atoms with Crippen LogP contribution in [0.25, 0.3) is 0 Å². The van der Waals surface area contributed by atoms with Gasteiger partial charge in [-0.15, -0.1) is 11.8 Å². The standard InChI is InChI=1S/C15H21NO2S2/c1-4-13(15(17)18-10(2)3)20-9-11-7-5-6-8-12(11)14(16)19/h5-8,10,13H,4,9H2,1-3H3,(H2,16,19). The predicted molar refractivity (Wildman–Crippen MR) is 88.9 cm³/mol. The molecule has 1 atom stereocenters. The van der Waals surface area contributed by atoms with Crippen LogP contribution in [0.3, 0.4) is 0 Å². The van der Waals surface area contributed by atoms with Gasteiger partial charge in [0.25, 0.3) is 0 Å². The molecule has 1 unspecified atom stereocenters. The van der Waals surface area contributed by atoms with Gasteiger partial charge in [-0.05, 0) is 25.8 Å². The van der Waals surface area contributed by atoms with Gasteiger partial charge >= 0.3 is 5.97 Å². The first-order valence-corrected chi connectivity index (χ1v) is 8.11. The second kappa shape index (κ2) is 8.27. The number of ether oxygens (including phenoxy) is 1. The number of thioether (sulfide) groups is 1. The lowest BCUT2D eigenvalue weighted by Crippen LogP contribution is -2.23. The fourth-order valence-electron chi connectivity index (χ4n) is 1.74. The number of hydrogen-bond donors (Lipinski definition) is 1. The molecule has 0 aliphatic heterocycles. The van der Waals surface area contributed by atoms with Crippen LogP contribution in [0.4, 0.5) is 0 Å². The maximum Gasteiger partial charge on any atom is 0.319 e. The maximum atomic E-state index is 11.9. The average molecular weight is 311 g/mol. The van der Waals surface area contributed by atoms with Gasteiger partial charge in [0.1, 0.15) is 10.2 Å². The van der Waals surface area contributed by atoms with Crippen molar-refractivity contribution in [3.63, 3.8) is 0 Å². The number of benzene rings is 1. The van der Waals surface area contributed by atoms with E-state index in [2.05, 4.69) is 0 Å². The Morgan fingerprint density at radius 2 is 2.05 bits per heavy atom. The van der Waals surface area contributed by atoms with Crippen molar-refractivity contribution in [1.29, 1.82) is 0 Å². The Morgan fingerprint density at radius 3 is 2.60 bits per heavy atom. The van der Waals surface area contributed by atoms with Gasteiger partial charge in [-0.3, -0.25) is 4.79 Å². The summed E-state index contributed by atoms with van der Waals surface area (Å²) in [7, 11) is 0. The molecule has 0 heterocycles. The highest BCUT2D eigenvalue weighted by Crippen LogP contribution is 2.24. The molecule has 2 N–H and O–H groups in total. The Balaban J connectivity index is 2.70. The molecule has 110 valence electrons. The SMILES string of the molecule is CCC(SCc1ccccc1C(N)=S)C(=O)OC(C)C. The summed E-state index contributed by atoms with van der Waals surface area (Å²) in [4.78, 5) is 12.3. The van der Waals surface area contributed by atoms with Gasteiger partial charge in [0.2, 0.25) is 0 Å². The van der Waals surface area contributed by atoms with Crippen molar-refractivity contribution in [2.45, 2.75) is 44.3 Å². The van der Waals surface area contributed by atoms with E-state index in [0.717, 1.165) is 17.5 Å². The van der Waals surface area contributed by atoms with Gasteiger partial charge in [-0.1, -0.05) is 43.4 Å². The zero-order valence-corrected chi connectivity index (χ0v) is 13.7. The summed E-state index contributed by atoms with van der Waals surface area (Å²) in [6, 6.07) is 7.76. The third-order valence-corrected chi connectivity index (χ3v) is 4.33. The average Bonchev–Trinajstić information content (AvgIpc) is 2.38. The summed E-state index contributed by atoms with van der Waals surface area (Å²) in [5.41, 5.74) is 7.64. The molecule has 20 heavy (non-hydrogen) atoms. The zero-order chi connectivity index (χ0) is 15.1. The molecule has 0 amide bonds. The first-order chi connectivity index (χ1) is 9.45. The maximum absolute atomic E-state index is 11.9. The fraction of sp³-hybridized carbons (Fsp3) is 0.467. The van der Waals surface area contributed by atoms with Gasteiger partial charge in [-0.25, -0.2) is 0 Å². The molecule has 1 aromatic rings. The molecular formula is C15H21NO2S2. The van der Waals surface area contributed by atoms with Crippen LogP contribution < -0.4 is 5.73 Å². The van der Waals surface area contributed by atoms with Crippen molar-refractivity contribution in [2.24, 2.45) is 5.73 Å². The van der Waals surface area contributed by atoms with E-state index in [0.29, 0.717) is 10.7 Å². The monoisotopic (exact) mass is 311 g/mol. The molecule has 0 saturated heterocycles. The molecule has 0 aliphatic carbocycles. The molecule has 0 aliphatic rings. The third kappa shape index (κ3) is 5.13. The number of hydrogen-bond acceptors (Lipinski definition) is 4. The molecular weight excluding hydrogens is 290 g/mol. The van der Waals surface area contributed by atoms with E-state index in [1.807, 2.05) is 45.0 Å². The molecule has 1 rings (SSSR count). The van der Waals surface area contributed by atoms with Crippen LogP contribution in [0.2, 0.25) is 0 Å². The van der Waals surface area contributed by atoms with Crippen LogP contribution in [-0.4, -0.2) is 22.3 Å². The van der Waals surface area contributed by atoms with Crippen LogP contribution >= 0.6 is 24.0 Å². The minimum Gasteiger partial charge on any atom is -0.462 e. The highest BCUT2D eigenvalue weighted by Gasteiger charge is 2.20. The Bertz CT molecular complexity index is 475. The predicted octanol–water partition coefficient (Wildman–Crippen LogP) is 3.28. The first-order valence-electron chi connectivity index (χ1n) is 6.65. The van der Waals surface area contributed by atoms with E-state index in [1.165, 1.54) is 0 Å². The Kier molecular flexibility index (Phi) is 7.02. The number of nitrogens with two attached hydrogens (primary N) is 1. The highest BCUT2D eigenvalue weighted by atomic mass is 32.2. The molecule has 0 bridgehead atoms. The van der Waals surface area contributed by atoms with Crippen molar-refractivity contribution >= 4 is 34.9 Å². The zero-order valence-electron chi connectivity index (χ0n) is 12.1.